The highest BCUT2D eigenvalue weighted by Crippen LogP contribution is 2.29. The third-order valence-electron chi connectivity index (χ3n) is 4.81. The van der Waals surface area contributed by atoms with Gasteiger partial charge in [-0.2, -0.15) is 5.10 Å². The van der Waals surface area contributed by atoms with Crippen LogP contribution in [0.5, 0.6) is 0 Å². The van der Waals surface area contributed by atoms with Gasteiger partial charge in [0.25, 0.3) is 5.91 Å². The number of amides is 1. The maximum absolute atomic E-state index is 12.9. The van der Waals surface area contributed by atoms with E-state index in [4.69, 9.17) is 11.6 Å². The lowest BCUT2D eigenvalue weighted by molar-refractivity contribution is 0.0680. The predicted octanol–water partition coefficient (Wildman–Crippen LogP) is 2.49. The van der Waals surface area contributed by atoms with Crippen LogP contribution in [0.1, 0.15) is 29.6 Å². The number of carbonyl (C=O) groups excluding carboxylic acids is 1. The van der Waals surface area contributed by atoms with E-state index in [0.29, 0.717) is 22.7 Å². The molecule has 2 aromatic rings. The molecule has 1 aromatic carbocycles. The fraction of sp³-hybridized carbons (Fsp3) is 0.412. The van der Waals surface area contributed by atoms with Gasteiger partial charge in [0.15, 0.2) is 0 Å². The molecule has 2 saturated heterocycles. The fourth-order valence-corrected chi connectivity index (χ4v) is 3.76. The third kappa shape index (κ3) is 2.75. The molecule has 120 valence electrons. The van der Waals surface area contributed by atoms with Crippen molar-refractivity contribution in [3.05, 3.63) is 47.2 Å². The van der Waals surface area contributed by atoms with Crippen molar-refractivity contribution in [2.75, 3.05) is 13.1 Å². The zero-order valence-corrected chi connectivity index (χ0v) is 13.5. The zero-order valence-electron chi connectivity index (χ0n) is 12.8. The van der Waals surface area contributed by atoms with Crippen molar-refractivity contribution in [1.82, 2.24) is 20.0 Å². The highest BCUT2D eigenvalue weighted by molar-refractivity contribution is 6.30. The molecular weight excluding hydrogens is 312 g/mol. The number of nitrogens with one attached hydrogen (secondary N) is 1. The molecule has 4 rings (SSSR count). The number of hydrogen-bond acceptors (Lipinski definition) is 3. The Kier molecular flexibility index (Phi) is 3.83. The van der Waals surface area contributed by atoms with Gasteiger partial charge in [0.05, 0.1) is 17.4 Å². The summed E-state index contributed by atoms with van der Waals surface area (Å²) in [6, 6.07) is 8.10. The van der Waals surface area contributed by atoms with Crippen molar-refractivity contribution in [3.63, 3.8) is 0 Å². The van der Waals surface area contributed by atoms with Gasteiger partial charge >= 0.3 is 0 Å². The highest BCUT2D eigenvalue weighted by atomic mass is 35.5. The summed E-state index contributed by atoms with van der Waals surface area (Å²) in [6.07, 6.45) is 6.71. The molecule has 2 unspecified atom stereocenters. The second kappa shape index (κ2) is 5.98. The van der Waals surface area contributed by atoms with Crippen LogP contribution in [0.4, 0.5) is 0 Å². The monoisotopic (exact) mass is 330 g/mol. The van der Waals surface area contributed by atoms with E-state index in [-0.39, 0.29) is 5.91 Å². The van der Waals surface area contributed by atoms with Crippen molar-refractivity contribution in [3.8, 4) is 5.69 Å². The molecule has 2 aliphatic heterocycles. The van der Waals surface area contributed by atoms with Crippen molar-refractivity contribution >= 4 is 17.5 Å². The summed E-state index contributed by atoms with van der Waals surface area (Å²) in [4.78, 5) is 15.0. The molecule has 2 atom stereocenters. The van der Waals surface area contributed by atoms with E-state index in [1.165, 1.54) is 0 Å². The van der Waals surface area contributed by atoms with E-state index in [9.17, 15) is 4.79 Å². The van der Waals surface area contributed by atoms with E-state index in [1.807, 2.05) is 30.5 Å². The summed E-state index contributed by atoms with van der Waals surface area (Å²) < 4.78 is 1.72. The molecule has 3 heterocycles. The van der Waals surface area contributed by atoms with Crippen LogP contribution in [0.2, 0.25) is 5.02 Å². The van der Waals surface area contributed by atoms with Gasteiger partial charge in [0.1, 0.15) is 0 Å². The molecule has 5 nitrogen and oxygen atoms in total. The molecule has 1 amide bonds. The standard InChI is InChI=1S/C17H19ClN4O/c18-13-1-3-14(4-2-13)21-11-12(9-20-21)17(23)22-15-5-6-16(22)10-19-8-7-15/h1-4,9,11,15-16,19H,5-8,10H2. The molecular formula is C17H19ClN4O. The van der Waals surface area contributed by atoms with Crippen molar-refractivity contribution < 1.29 is 4.79 Å². The second-order valence-corrected chi connectivity index (χ2v) is 6.68. The number of halogens is 1. The van der Waals surface area contributed by atoms with Gasteiger partial charge < -0.3 is 10.2 Å². The van der Waals surface area contributed by atoms with E-state index in [0.717, 1.165) is 38.0 Å². The molecule has 2 bridgehead atoms. The molecule has 2 fully saturated rings. The van der Waals surface area contributed by atoms with E-state index < -0.39 is 0 Å². The van der Waals surface area contributed by atoms with Gasteiger partial charge in [-0.1, -0.05) is 11.6 Å². The highest BCUT2D eigenvalue weighted by Gasteiger charge is 2.38. The average Bonchev–Trinajstić information content (AvgIpc) is 3.11. The topological polar surface area (TPSA) is 50.2 Å². The number of aromatic nitrogens is 2. The number of benzene rings is 1. The summed E-state index contributed by atoms with van der Waals surface area (Å²) in [5.74, 6) is 0.0985. The number of carbonyl (C=O) groups is 1. The van der Waals surface area contributed by atoms with Gasteiger partial charge in [-0.3, -0.25) is 4.79 Å². The normalized spacial score (nSPS) is 23.8. The number of fused-ring (bicyclic) bond motifs is 2. The Balaban J connectivity index is 1.59. The van der Waals surface area contributed by atoms with Gasteiger partial charge in [0, 0.05) is 29.8 Å². The van der Waals surface area contributed by atoms with Gasteiger partial charge in [0.2, 0.25) is 0 Å². The molecule has 1 N–H and O–H groups in total. The quantitative estimate of drug-likeness (QED) is 0.920. The Labute approximate surface area is 140 Å². The van der Waals surface area contributed by atoms with Crippen molar-refractivity contribution in [2.45, 2.75) is 31.3 Å². The lowest BCUT2D eigenvalue weighted by Gasteiger charge is -2.27. The molecule has 1 aromatic heterocycles. The Morgan fingerprint density at radius 3 is 2.78 bits per heavy atom. The van der Waals surface area contributed by atoms with E-state index >= 15 is 0 Å². The van der Waals surface area contributed by atoms with Crippen LogP contribution in [-0.4, -0.2) is 45.8 Å². The largest absolute Gasteiger partial charge is 0.331 e. The van der Waals surface area contributed by atoms with Crippen molar-refractivity contribution in [2.24, 2.45) is 0 Å². The predicted molar refractivity (Wildman–Crippen MR) is 89.0 cm³/mol. The molecule has 6 heteroatoms. The Bertz CT molecular complexity index is 698. The van der Waals surface area contributed by atoms with Crippen molar-refractivity contribution in [1.29, 1.82) is 0 Å². The molecule has 2 aliphatic rings. The van der Waals surface area contributed by atoms with Crippen LogP contribution >= 0.6 is 11.6 Å². The number of hydrogen-bond donors (Lipinski definition) is 1. The van der Waals surface area contributed by atoms with Crippen LogP contribution in [0.15, 0.2) is 36.7 Å². The van der Waals surface area contributed by atoms with Gasteiger partial charge in [-0.05, 0) is 50.1 Å². The second-order valence-electron chi connectivity index (χ2n) is 6.24. The van der Waals surface area contributed by atoms with Gasteiger partial charge in [-0.25, -0.2) is 4.68 Å². The molecule has 0 saturated carbocycles. The van der Waals surface area contributed by atoms with Crippen LogP contribution < -0.4 is 5.32 Å². The summed E-state index contributed by atoms with van der Waals surface area (Å²) in [5.41, 5.74) is 1.55. The summed E-state index contributed by atoms with van der Waals surface area (Å²) in [5, 5.41) is 8.45. The van der Waals surface area contributed by atoms with Crippen LogP contribution in [-0.2, 0) is 0 Å². The molecule has 0 spiro atoms. The molecule has 23 heavy (non-hydrogen) atoms. The molecule has 0 aliphatic carbocycles. The lowest BCUT2D eigenvalue weighted by Crippen LogP contribution is -2.42. The average molecular weight is 331 g/mol. The van der Waals surface area contributed by atoms with Crippen LogP contribution in [0, 0.1) is 0 Å². The lowest BCUT2D eigenvalue weighted by atomic mass is 10.1. The van der Waals surface area contributed by atoms with E-state index in [2.05, 4.69) is 15.3 Å². The maximum Gasteiger partial charge on any atom is 0.257 e. The first-order valence-electron chi connectivity index (χ1n) is 8.06. The minimum atomic E-state index is 0.0985. The van der Waals surface area contributed by atoms with Crippen LogP contribution in [0.25, 0.3) is 5.69 Å². The smallest absolute Gasteiger partial charge is 0.257 e. The Morgan fingerprint density at radius 1 is 1.17 bits per heavy atom. The maximum atomic E-state index is 12.9. The first kappa shape index (κ1) is 14.7. The van der Waals surface area contributed by atoms with E-state index in [1.54, 1.807) is 10.9 Å². The summed E-state index contributed by atoms with van der Waals surface area (Å²) in [6.45, 7) is 1.89. The first-order chi connectivity index (χ1) is 11.2. The number of nitrogens with zero attached hydrogens (tertiary/aromatic N) is 3. The first-order valence-corrected chi connectivity index (χ1v) is 8.44. The molecule has 0 radical (unpaired) electrons. The van der Waals surface area contributed by atoms with Gasteiger partial charge in [-0.15, -0.1) is 0 Å². The summed E-state index contributed by atoms with van der Waals surface area (Å²) in [7, 11) is 0. The Hall–Kier alpha value is -1.85. The zero-order chi connectivity index (χ0) is 15.8. The van der Waals surface area contributed by atoms with Crippen LogP contribution in [0.3, 0.4) is 0 Å². The minimum Gasteiger partial charge on any atom is -0.331 e. The Morgan fingerprint density at radius 2 is 1.96 bits per heavy atom. The number of rotatable bonds is 2. The minimum absolute atomic E-state index is 0.0985. The fourth-order valence-electron chi connectivity index (χ4n) is 3.63. The SMILES string of the molecule is O=C(c1cnn(-c2ccc(Cl)cc2)c1)N1C2CCNCC1CC2. The summed E-state index contributed by atoms with van der Waals surface area (Å²) >= 11 is 5.91. The third-order valence-corrected chi connectivity index (χ3v) is 5.06.